The zero-order valence-electron chi connectivity index (χ0n) is 4.23. The van der Waals surface area contributed by atoms with Gasteiger partial charge in [-0.3, -0.25) is 4.79 Å². The van der Waals surface area contributed by atoms with Crippen LogP contribution in [0.5, 0.6) is 0 Å². The predicted octanol–water partition coefficient (Wildman–Crippen LogP) is 1.19. The molecule has 0 rings (SSSR count). The van der Waals surface area contributed by atoms with E-state index in [4.69, 9.17) is 5.73 Å². The maximum Gasteiger partial charge on any atom is 0.227 e. The maximum absolute atomic E-state index is 9.49. The summed E-state index contributed by atoms with van der Waals surface area (Å²) in [5.41, 5.74) is 6.12. The van der Waals surface area contributed by atoms with Crippen molar-refractivity contribution in [2.75, 3.05) is 6.61 Å². The molecule has 0 bridgehead atoms. The van der Waals surface area contributed by atoms with Crippen molar-refractivity contribution in [3.05, 3.63) is 5.73 Å². The van der Waals surface area contributed by atoms with E-state index in [1.807, 2.05) is 0 Å². The number of amides is 1. The first-order valence-corrected chi connectivity index (χ1v) is 1.65. The minimum absolute atomic E-state index is 0. The molecule has 0 radical (unpaired) electrons. The average Bonchev–Trinajstić information content (AvgIpc) is 1.35. The van der Waals surface area contributed by atoms with Crippen LogP contribution in [0.25, 0.3) is 5.73 Å². The molecule has 7 heavy (non-hydrogen) atoms. The molecular weight excluding hydrogens is 147 g/mol. The Morgan fingerprint density at radius 1 is 1.86 bits per heavy atom. The van der Waals surface area contributed by atoms with Gasteiger partial charge in [0.15, 0.2) is 0 Å². The number of ether oxygens (including phenoxy) is 1. The fraction of sp³-hybridized carbons (Fsp3) is 0.667. The van der Waals surface area contributed by atoms with Crippen molar-refractivity contribution in [2.45, 2.75) is 6.92 Å². The topological polar surface area (TPSA) is 50.1 Å². The van der Waals surface area contributed by atoms with Gasteiger partial charge in [-0.2, -0.15) is 0 Å². The number of carbonyl (C=O) groups excluding carboxylic acids is 1. The van der Waals surface area contributed by atoms with Gasteiger partial charge in [0, 0.05) is 19.5 Å². The summed E-state index contributed by atoms with van der Waals surface area (Å²) in [6.07, 6.45) is -0.961. The van der Waals surface area contributed by atoms with Gasteiger partial charge in [0.2, 0.25) is 6.09 Å². The molecule has 0 aromatic rings. The van der Waals surface area contributed by atoms with Gasteiger partial charge in [-0.1, -0.05) is 0 Å². The maximum atomic E-state index is 9.49. The van der Waals surface area contributed by atoms with Crippen LogP contribution >= 0.6 is 0 Å². The van der Waals surface area contributed by atoms with Crippen molar-refractivity contribution in [3.63, 3.8) is 0 Å². The van der Waals surface area contributed by atoms with E-state index in [-0.39, 0.29) is 19.5 Å². The first-order valence-electron chi connectivity index (χ1n) is 1.65. The Labute approximate surface area is 55.0 Å². The van der Waals surface area contributed by atoms with Crippen LogP contribution in [0.3, 0.4) is 0 Å². The third-order valence-electron chi connectivity index (χ3n) is 0.275. The smallest absolute Gasteiger partial charge is 0.227 e. The summed E-state index contributed by atoms with van der Waals surface area (Å²) in [6.45, 7) is 1.95. The molecule has 0 aliphatic carbocycles. The van der Waals surface area contributed by atoms with E-state index < -0.39 is 6.09 Å². The number of nitrogens with one attached hydrogen (secondary N) is 1. The molecule has 1 N–H and O–H groups in total. The van der Waals surface area contributed by atoms with E-state index in [1.54, 1.807) is 6.92 Å². The largest absolute Gasteiger partial charge is 0.632 e. The summed E-state index contributed by atoms with van der Waals surface area (Å²) in [5, 5.41) is 0. The Kier molecular flexibility index (Phi) is 8.42. The monoisotopic (exact) mass is 152 g/mol. The molecule has 0 atom stereocenters. The van der Waals surface area contributed by atoms with Gasteiger partial charge in [0.05, 0.1) is 6.61 Å². The van der Waals surface area contributed by atoms with E-state index in [1.165, 1.54) is 0 Å². The molecule has 3 nitrogen and oxygen atoms in total. The van der Waals surface area contributed by atoms with Gasteiger partial charge in [-0.05, 0) is 6.92 Å². The molecule has 38 valence electrons. The minimum atomic E-state index is -0.961. The molecule has 0 saturated heterocycles. The van der Waals surface area contributed by atoms with Crippen molar-refractivity contribution in [2.24, 2.45) is 0 Å². The van der Waals surface area contributed by atoms with Crippen molar-refractivity contribution >= 4 is 6.09 Å². The summed E-state index contributed by atoms with van der Waals surface area (Å²) in [6, 6.07) is 0. The third-order valence-corrected chi connectivity index (χ3v) is 0.275. The number of rotatable bonds is 1. The van der Waals surface area contributed by atoms with Crippen LogP contribution in [-0.4, -0.2) is 12.7 Å². The predicted molar refractivity (Wildman–Crippen MR) is 21.3 cm³/mol. The Morgan fingerprint density at radius 2 is 2.29 bits per heavy atom. The standard InChI is InChI=1S/C3H7NO2.Zn/c1-2-6-3(4)5;/h2H2,1H3,(H2,4,5);/p-1. The Balaban J connectivity index is 0. The zero-order chi connectivity index (χ0) is 4.99. The summed E-state index contributed by atoms with van der Waals surface area (Å²) in [7, 11) is 0. The van der Waals surface area contributed by atoms with Gasteiger partial charge in [0.1, 0.15) is 0 Å². The molecule has 0 heterocycles. The van der Waals surface area contributed by atoms with Gasteiger partial charge < -0.3 is 10.5 Å². The van der Waals surface area contributed by atoms with Crippen molar-refractivity contribution in [3.8, 4) is 0 Å². The zero-order valence-corrected chi connectivity index (χ0v) is 7.20. The van der Waals surface area contributed by atoms with E-state index in [0.717, 1.165) is 0 Å². The number of hydrogen-bond acceptors (Lipinski definition) is 2. The second-order valence-electron chi connectivity index (χ2n) is 0.720. The van der Waals surface area contributed by atoms with Crippen LogP contribution in [0.4, 0.5) is 4.79 Å². The van der Waals surface area contributed by atoms with Crippen molar-refractivity contribution < 1.29 is 29.0 Å². The molecule has 0 aromatic carbocycles. The Morgan fingerprint density at radius 3 is 2.29 bits per heavy atom. The van der Waals surface area contributed by atoms with Crippen molar-refractivity contribution in [1.82, 2.24) is 0 Å². The van der Waals surface area contributed by atoms with Crippen LogP contribution < -0.4 is 0 Å². The van der Waals surface area contributed by atoms with Crippen LogP contribution in [0.1, 0.15) is 6.92 Å². The second-order valence-corrected chi connectivity index (χ2v) is 0.720. The van der Waals surface area contributed by atoms with E-state index in [0.29, 0.717) is 6.61 Å². The fourth-order valence-electron chi connectivity index (χ4n) is 0.131. The number of hydrogen-bond donors (Lipinski definition) is 0. The molecule has 4 heteroatoms. The summed E-state index contributed by atoms with van der Waals surface area (Å²) in [4.78, 5) is 9.49. The van der Waals surface area contributed by atoms with Crippen LogP contribution in [0, 0.1) is 0 Å². The van der Waals surface area contributed by atoms with Gasteiger partial charge in [-0.15, -0.1) is 0 Å². The molecular formula is C3H6NO2Zn-. The Bertz CT molecular complexity index is 56.9. The summed E-state index contributed by atoms with van der Waals surface area (Å²) in [5.74, 6) is 0. The summed E-state index contributed by atoms with van der Waals surface area (Å²) < 4.78 is 4.07. The molecule has 0 saturated carbocycles. The fourth-order valence-corrected chi connectivity index (χ4v) is 0.131. The third kappa shape index (κ3) is 10.7. The van der Waals surface area contributed by atoms with E-state index >= 15 is 0 Å². The minimum Gasteiger partial charge on any atom is -0.632 e. The van der Waals surface area contributed by atoms with Crippen LogP contribution in [0.2, 0.25) is 0 Å². The van der Waals surface area contributed by atoms with Gasteiger partial charge in [-0.25, -0.2) is 0 Å². The molecule has 0 unspecified atom stereocenters. The molecule has 0 aliphatic heterocycles. The SMILES string of the molecule is CCOC([NH-])=O.[Zn]. The Hall–Kier alpha value is -0.107. The van der Waals surface area contributed by atoms with Crippen LogP contribution in [0.15, 0.2) is 0 Å². The molecule has 0 spiro atoms. The van der Waals surface area contributed by atoms with Crippen molar-refractivity contribution in [1.29, 1.82) is 0 Å². The van der Waals surface area contributed by atoms with Gasteiger partial charge >= 0.3 is 0 Å². The number of carbonyl (C=O) groups is 1. The first kappa shape index (κ1) is 10.00. The van der Waals surface area contributed by atoms with Crippen LogP contribution in [-0.2, 0) is 24.2 Å². The first-order chi connectivity index (χ1) is 2.77. The molecule has 0 aliphatic rings. The van der Waals surface area contributed by atoms with Gasteiger partial charge in [0.25, 0.3) is 0 Å². The molecule has 0 fully saturated rings. The quantitative estimate of drug-likeness (QED) is 0.532. The normalized spacial score (nSPS) is 6.43. The van der Waals surface area contributed by atoms with E-state index in [9.17, 15) is 4.79 Å². The second kappa shape index (κ2) is 5.89. The molecule has 1 amide bonds. The molecule has 0 aromatic heterocycles. The summed E-state index contributed by atoms with van der Waals surface area (Å²) >= 11 is 0. The van der Waals surface area contributed by atoms with E-state index in [2.05, 4.69) is 4.74 Å². The average molecular weight is 153 g/mol.